The quantitative estimate of drug-likeness (QED) is 0.394. The second kappa shape index (κ2) is 9.84. The molecule has 0 aliphatic heterocycles. The van der Waals surface area contributed by atoms with Gasteiger partial charge in [0.2, 0.25) is 0 Å². The molecule has 3 aromatic rings. The highest BCUT2D eigenvalue weighted by Crippen LogP contribution is 2.32. The average molecular weight is 441 g/mol. The number of halogens is 1. The van der Waals surface area contributed by atoms with Crippen molar-refractivity contribution in [3.8, 4) is 5.75 Å². The fourth-order valence-corrected chi connectivity index (χ4v) is 3.07. The second-order valence-corrected chi connectivity index (χ2v) is 6.79. The molecule has 0 saturated heterocycles. The Morgan fingerprint density at radius 2 is 1.75 bits per heavy atom. The van der Waals surface area contributed by atoms with Crippen LogP contribution in [-0.4, -0.2) is 48.7 Å². The number of aromatic nitrogens is 1. The van der Waals surface area contributed by atoms with Crippen molar-refractivity contribution in [1.29, 1.82) is 0 Å². The normalized spacial score (nSPS) is 10.6. The van der Waals surface area contributed by atoms with Crippen LogP contribution in [-0.2, 0) is 20.7 Å². The molecule has 0 atom stereocenters. The lowest BCUT2D eigenvalue weighted by Gasteiger charge is -2.13. The maximum atomic E-state index is 13.2. The van der Waals surface area contributed by atoms with E-state index in [-0.39, 0.29) is 34.5 Å². The Morgan fingerprint density at radius 3 is 2.41 bits per heavy atom. The van der Waals surface area contributed by atoms with Gasteiger partial charge in [-0.05, 0) is 41.8 Å². The number of fused-ring (bicyclic) bond motifs is 1. The molecule has 3 N–H and O–H groups in total. The smallest absolute Gasteiger partial charge is 0.341 e. The number of phenols is 1. The summed E-state index contributed by atoms with van der Waals surface area (Å²) in [7, 11) is 2.46. The van der Waals surface area contributed by atoms with Gasteiger partial charge in [-0.3, -0.25) is 25.4 Å². The molecule has 3 rings (SSSR count). The Hall–Kier alpha value is -4.05. The van der Waals surface area contributed by atoms with Crippen molar-refractivity contribution in [2.75, 3.05) is 20.8 Å². The second-order valence-electron chi connectivity index (χ2n) is 6.79. The number of rotatable bonds is 6. The molecule has 2 amide bonds. The SMILES string of the molecule is COCC(=O)NNC(=O)c1cc(C(=O)OC)c(O)c2ncc(Cc3ccc(F)cc3)cc12. The van der Waals surface area contributed by atoms with Crippen LogP contribution in [0.2, 0.25) is 0 Å². The molecular weight excluding hydrogens is 421 g/mol. The summed E-state index contributed by atoms with van der Waals surface area (Å²) in [6.07, 6.45) is 1.86. The van der Waals surface area contributed by atoms with E-state index in [1.807, 2.05) is 0 Å². The molecule has 0 radical (unpaired) electrons. The summed E-state index contributed by atoms with van der Waals surface area (Å²) in [4.78, 5) is 40.7. The van der Waals surface area contributed by atoms with Crippen LogP contribution < -0.4 is 10.9 Å². The summed E-state index contributed by atoms with van der Waals surface area (Å²) in [6.45, 7) is -0.270. The number of amides is 2. The first-order valence-corrected chi connectivity index (χ1v) is 9.39. The van der Waals surface area contributed by atoms with Crippen molar-refractivity contribution in [2.24, 2.45) is 0 Å². The lowest BCUT2D eigenvalue weighted by Crippen LogP contribution is -2.43. The number of aromatic hydroxyl groups is 1. The van der Waals surface area contributed by atoms with Gasteiger partial charge in [-0.15, -0.1) is 0 Å². The van der Waals surface area contributed by atoms with E-state index in [1.54, 1.807) is 18.2 Å². The molecule has 1 aromatic heterocycles. The predicted octanol–water partition coefficient (Wildman–Crippen LogP) is 1.86. The largest absolute Gasteiger partial charge is 0.505 e. The predicted molar refractivity (Wildman–Crippen MR) is 111 cm³/mol. The Bertz CT molecular complexity index is 1180. The molecule has 0 unspecified atom stereocenters. The number of nitrogens with one attached hydrogen (secondary N) is 2. The maximum Gasteiger partial charge on any atom is 0.341 e. The maximum absolute atomic E-state index is 13.2. The lowest BCUT2D eigenvalue weighted by atomic mass is 9.99. The zero-order valence-corrected chi connectivity index (χ0v) is 17.3. The van der Waals surface area contributed by atoms with Crippen LogP contribution in [0.15, 0.2) is 42.6 Å². The van der Waals surface area contributed by atoms with Gasteiger partial charge < -0.3 is 14.6 Å². The third-order valence-corrected chi connectivity index (χ3v) is 4.56. The molecule has 0 bridgehead atoms. The molecule has 10 heteroatoms. The van der Waals surface area contributed by atoms with Gasteiger partial charge in [-0.1, -0.05) is 12.1 Å². The van der Waals surface area contributed by atoms with E-state index in [9.17, 15) is 23.9 Å². The van der Waals surface area contributed by atoms with E-state index in [0.717, 1.165) is 18.7 Å². The van der Waals surface area contributed by atoms with E-state index < -0.39 is 23.5 Å². The molecule has 1 heterocycles. The number of hydrogen-bond acceptors (Lipinski definition) is 7. The van der Waals surface area contributed by atoms with Gasteiger partial charge in [0, 0.05) is 18.7 Å². The van der Waals surface area contributed by atoms with Gasteiger partial charge in [-0.2, -0.15) is 0 Å². The Kier molecular flexibility index (Phi) is 6.96. The molecule has 9 nitrogen and oxygen atoms in total. The van der Waals surface area contributed by atoms with Crippen LogP contribution in [0.5, 0.6) is 5.75 Å². The van der Waals surface area contributed by atoms with Crippen molar-refractivity contribution in [3.63, 3.8) is 0 Å². The minimum atomic E-state index is -0.862. The number of hydrazine groups is 1. The van der Waals surface area contributed by atoms with Crippen molar-refractivity contribution in [1.82, 2.24) is 15.8 Å². The van der Waals surface area contributed by atoms with Crippen molar-refractivity contribution in [2.45, 2.75) is 6.42 Å². The van der Waals surface area contributed by atoms with Crippen LogP contribution in [0.4, 0.5) is 4.39 Å². The van der Waals surface area contributed by atoms with Crippen LogP contribution >= 0.6 is 0 Å². The van der Waals surface area contributed by atoms with Gasteiger partial charge in [0.25, 0.3) is 11.8 Å². The first-order valence-electron chi connectivity index (χ1n) is 9.39. The Morgan fingerprint density at radius 1 is 1.03 bits per heavy atom. The number of methoxy groups -OCH3 is 2. The molecule has 32 heavy (non-hydrogen) atoms. The highest BCUT2D eigenvalue weighted by Gasteiger charge is 2.22. The fraction of sp³-hybridized carbons (Fsp3) is 0.182. The molecule has 2 aromatic carbocycles. The number of carbonyl (C=O) groups excluding carboxylic acids is 3. The monoisotopic (exact) mass is 441 g/mol. The van der Waals surface area contributed by atoms with Gasteiger partial charge in [0.15, 0.2) is 5.75 Å². The topological polar surface area (TPSA) is 127 Å². The van der Waals surface area contributed by atoms with E-state index in [0.29, 0.717) is 12.0 Å². The molecule has 0 saturated carbocycles. The molecular formula is C22H20FN3O6. The molecule has 0 spiro atoms. The molecule has 166 valence electrons. The van der Waals surface area contributed by atoms with Crippen LogP contribution in [0.1, 0.15) is 31.8 Å². The summed E-state index contributed by atoms with van der Waals surface area (Å²) < 4.78 is 22.5. The van der Waals surface area contributed by atoms with Crippen molar-refractivity contribution >= 4 is 28.7 Å². The molecule has 0 aliphatic rings. The summed E-state index contributed by atoms with van der Waals surface area (Å²) >= 11 is 0. The number of phenolic OH excluding ortho intramolecular Hbond substituents is 1. The van der Waals surface area contributed by atoms with Gasteiger partial charge >= 0.3 is 5.97 Å². The zero-order chi connectivity index (χ0) is 23.3. The first kappa shape index (κ1) is 22.6. The number of ether oxygens (including phenoxy) is 2. The fourth-order valence-electron chi connectivity index (χ4n) is 3.07. The number of hydrogen-bond donors (Lipinski definition) is 3. The number of pyridine rings is 1. The van der Waals surface area contributed by atoms with Crippen molar-refractivity contribution < 1.29 is 33.4 Å². The van der Waals surface area contributed by atoms with E-state index in [1.165, 1.54) is 25.4 Å². The Labute approximate surface area is 182 Å². The van der Waals surface area contributed by atoms with E-state index in [2.05, 4.69) is 25.3 Å². The third-order valence-electron chi connectivity index (χ3n) is 4.56. The van der Waals surface area contributed by atoms with Gasteiger partial charge in [0.1, 0.15) is 23.5 Å². The highest BCUT2D eigenvalue weighted by molar-refractivity contribution is 6.11. The first-order chi connectivity index (χ1) is 15.3. The van der Waals surface area contributed by atoms with E-state index >= 15 is 0 Å². The highest BCUT2D eigenvalue weighted by atomic mass is 19.1. The zero-order valence-electron chi connectivity index (χ0n) is 17.3. The number of carbonyl (C=O) groups is 3. The number of esters is 1. The van der Waals surface area contributed by atoms with Crippen LogP contribution in [0, 0.1) is 5.82 Å². The lowest BCUT2D eigenvalue weighted by molar-refractivity contribution is -0.125. The van der Waals surface area contributed by atoms with Gasteiger partial charge in [0.05, 0.1) is 12.7 Å². The third kappa shape index (κ3) is 4.98. The summed E-state index contributed by atoms with van der Waals surface area (Å²) in [5.41, 5.74) is 5.62. The van der Waals surface area contributed by atoms with Crippen molar-refractivity contribution in [3.05, 3.63) is 70.7 Å². The number of nitrogens with zero attached hydrogens (tertiary/aromatic N) is 1. The molecule has 0 fully saturated rings. The summed E-state index contributed by atoms with van der Waals surface area (Å²) in [5.74, 6) is -3.00. The molecule has 0 aliphatic carbocycles. The van der Waals surface area contributed by atoms with Crippen LogP contribution in [0.3, 0.4) is 0 Å². The standard InChI is InChI=1S/C22H20FN3O6/c1-31-11-18(27)25-26-21(29)16-9-17(22(30)32-2)20(28)19-15(16)8-13(10-24-19)7-12-3-5-14(23)6-4-12/h3-6,8-10,28H,7,11H2,1-2H3,(H,25,27)(H,26,29). The minimum Gasteiger partial charge on any atom is -0.505 e. The summed E-state index contributed by atoms with van der Waals surface area (Å²) in [6, 6.07) is 8.69. The summed E-state index contributed by atoms with van der Waals surface area (Å²) in [5, 5.41) is 10.8. The average Bonchev–Trinajstić information content (AvgIpc) is 2.79. The van der Waals surface area contributed by atoms with Gasteiger partial charge in [-0.25, -0.2) is 9.18 Å². The van der Waals surface area contributed by atoms with Crippen LogP contribution in [0.25, 0.3) is 10.9 Å². The Balaban J connectivity index is 2.05. The van der Waals surface area contributed by atoms with E-state index in [4.69, 9.17) is 0 Å². The number of benzene rings is 2. The minimum absolute atomic E-state index is 0.00382.